The van der Waals surface area contributed by atoms with Gasteiger partial charge in [0, 0.05) is 27.7 Å². The van der Waals surface area contributed by atoms with E-state index in [1.54, 1.807) is 27.9 Å². The first-order valence-electron chi connectivity index (χ1n) is 6.85. The Hall–Kier alpha value is -1.63. The maximum absolute atomic E-state index is 12.5. The van der Waals surface area contributed by atoms with Crippen molar-refractivity contribution in [3.05, 3.63) is 0 Å². The van der Waals surface area contributed by atoms with Gasteiger partial charge in [-0.25, -0.2) is 0 Å². The predicted octanol–water partition coefficient (Wildman–Crippen LogP) is -0.0936. The van der Waals surface area contributed by atoms with Gasteiger partial charge in [-0.1, -0.05) is 13.8 Å². The molecule has 120 valence electrons. The van der Waals surface area contributed by atoms with Gasteiger partial charge in [0.1, 0.15) is 0 Å². The molecule has 7 nitrogen and oxygen atoms in total. The van der Waals surface area contributed by atoms with Crippen molar-refractivity contribution >= 4 is 17.8 Å². The summed E-state index contributed by atoms with van der Waals surface area (Å²) in [5, 5.41) is 9.17. The highest BCUT2D eigenvalue weighted by Crippen LogP contribution is 2.59. The molecule has 1 aliphatic carbocycles. The zero-order chi connectivity index (χ0) is 16.4. The van der Waals surface area contributed by atoms with Gasteiger partial charge in [0.2, 0.25) is 11.8 Å². The number of carboxylic acids is 1. The van der Waals surface area contributed by atoms with Crippen LogP contribution >= 0.6 is 0 Å². The molecule has 0 heterocycles. The standard InChI is InChI=1S/C14H24N2O5/c1-14(2)10(11(14)13(19)20)12(18)16(6-7-21-5)8-9(17)15(3)4/h10-11H,6-8H2,1-5H3,(H,19,20). The first-order chi connectivity index (χ1) is 9.64. The summed E-state index contributed by atoms with van der Waals surface area (Å²) in [4.78, 5) is 38.3. The normalized spacial score (nSPS) is 22.5. The highest BCUT2D eigenvalue weighted by molar-refractivity contribution is 5.93. The van der Waals surface area contributed by atoms with Crippen molar-refractivity contribution in [1.29, 1.82) is 0 Å². The predicted molar refractivity (Wildman–Crippen MR) is 75.5 cm³/mol. The number of nitrogens with zero attached hydrogens (tertiary/aromatic N) is 2. The minimum atomic E-state index is -0.969. The lowest BCUT2D eigenvalue weighted by molar-refractivity contribution is -0.143. The fourth-order valence-electron chi connectivity index (χ4n) is 2.53. The first kappa shape index (κ1) is 17.4. The highest BCUT2D eigenvalue weighted by atomic mass is 16.5. The van der Waals surface area contributed by atoms with Gasteiger partial charge in [-0.2, -0.15) is 0 Å². The fourth-order valence-corrected chi connectivity index (χ4v) is 2.53. The number of likely N-dealkylation sites (N-methyl/N-ethyl adjacent to an activating group) is 1. The van der Waals surface area contributed by atoms with Crippen LogP contribution in [0.5, 0.6) is 0 Å². The van der Waals surface area contributed by atoms with Crippen LogP contribution in [0, 0.1) is 17.3 Å². The topological polar surface area (TPSA) is 87.2 Å². The SMILES string of the molecule is COCCN(CC(=O)N(C)C)C(=O)C1C(C(=O)O)C1(C)C. The summed E-state index contributed by atoms with van der Waals surface area (Å²) in [6, 6.07) is 0. The number of carboxylic acid groups (broad SMARTS) is 1. The van der Waals surface area contributed by atoms with Crippen molar-refractivity contribution in [2.75, 3.05) is 40.9 Å². The Kier molecular flexibility index (Phi) is 5.33. The highest BCUT2D eigenvalue weighted by Gasteiger charge is 2.66. The second kappa shape index (κ2) is 6.43. The number of amides is 2. The molecule has 0 aromatic heterocycles. The molecule has 2 amide bonds. The molecule has 2 atom stereocenters. The van der Waals surface area contributed by atoms with Gasteiger partial charge in [-0.3, -0.25) is 14.4 Å². The Morgan fingerprint density at radius 3 is 2.14 bits per heavy atom. The summed E-state index contributed by atoms with van der Waals surface area (Å²) in [6.07, 6.45) is 0. The van der Waals surface area contributed by atoms with E-state index in [0.717, 1.165) is 0 Å². The molecule has 1 saturated carbocycles. The van der Waals surface area contributed by atoms with Gasteiger partial charge < -0.3 is 19.6 Å². The zero-order valence-corrected chi connectivity index (χ0v) is 13.3. The number of hydrogen-bond donors (Lipinski definition) is 1. The fraction of sp³-hybridized carbons (Fsp3) is 0.786. The summed E-state index contributed by atoms with van der Waals surface area (Å²) < 4.78 is 4.96. The molecule has 2 unspecified atom stereocenters. The van der Waals surface area contributed by atoms with E-state index >= 15 is 0 Å². The number of aliphatic carboxylic acids is 1. The Labute approximate surface area is 124 Å². The third kappa shape index (κ3) is 3.72. The zero-order valence-electron chi connectivity index (χ0n) is 13.3. The summed E-state index contributed by atoms with van der Waals surface area (Å²) in [5.41, 5.74) is -0.574. The summed E-state index contributed by atoms with van der Waals surface area (Å²) in [7, 11) is 4.74. The number of methoxy groups -OCH3 is 1. The molecule has 0 saturated heterocycles. The van der Waals surface area contributed by atoms with Gasteiger partial charge >= 0.3 is 5.97 Å². The van der Waals surface area contributed by atoms with Crippen LogP contribution in [0.3, 0.4) is 0 Å². The van der Waals surface area contributed by atoms with Crippen LogP contribution in [0.15, 0.2) is 0 Å². The van der Waals surface area contributed by atoms with Crippen LogP contribution < -0.4 is 0 Å². The smallest absolute Gasteiger partial charge is 0.307 e. The van der Waals surface area contributed by atoms with Crippen LogP contribution in [0.4, 0.5) is 0 Å². The van der Waals surface area contributed by atoms with E-state index in [2.05, 4.69) is 0 Å². The molecule has 0 aromatic rings. The molecule has 0 bridgehead atoms. The first-order valence-corrected chi connectivity index (χ1v) is 6.85. The van der Waals surface area contributed by atoms with Crippen LogP contribution in [-0.2, 0) is 19.1 Å². The Morgan fingerprint density at radius 1 is 1.19 bits per heavy atom. The lowest BCUT2D eigenvalue weighted by Crippen LogP contribution is -2.43. The lowest BCUT2D eigenvalue weighted by Gasteiger charge is -2.24. The van der Waals surface area contributed by atoms with Crippen LogP contribution in [0.2, 0.25) is 0 Å². The van der Waals surface area contributed by atoms with Crippen molar-refractivity contribution in [3.63, 3.8) is 0 Å². The van der Waals surface area contributed by atoms with Crippen LogP contribution in [0.1, 0.15) is 13.8 Å². The molecule has 0 aliphatic heterocycles. The monoisotopic (exact) mass is 300 g/mol. The van der Waals surface area contributed by atoms with Crippen molar-refractivity contribution in [2.24, 2.45) is 17.3 Å². The third-order valence-electron chi connectivity index (χ3n) is 4.06. The lowest BCUT2D eigenvalue weighted by atomic mass is 10.1. The Morgan fingerprint density at radius 2 is 1.76 bits per heavy atom. The van der Waals surface area contributed by atoms with E-state index < -0.39 is 23.2 Å². The number of carbonyl (C=O) groups is 3. The average molecular weight is 300 g/mol. The second-order valence-electron chi connectivity index (χ2n) is 6.16. The minimum Gasteiger partial charge on any atom is -0.481 e. The van der Waals surface area contributed by atoms with Crippen molar-refractivity contribution in [1.82, 2.24) is 9.80 Å². The quantitative estimate of drug-likeness (QED) is 0.710. The van der Waals surface area contributed by atoms with E-state index in [0.29, 0.717) is 6.61 Å². The largest absolute Gasteiger partial charge is 0.481 e. The molecule has 21 heavy (non-hydrogen) atoms. The molecule has 0 spiro atoms. The van der Waals surface area contributed by atoms with E-state index in [-0.39, 0.29) is 24.9 Å². The van der Waals surface area contributed by atoms with Crippen molar-refractivity contribution < 1.29 is 24.2 Å². The van der Waals surface area contributed by atoms with E-state index in [9.17, 15) is 14.4 Å². The number of rotatable bonds is 7. The van der Waals surface area contributed by atoms with Crippen LogP contribution in [-0.4, -0.2) is 73.6 Å². The molecule has 1 N–H and O–H groups in total. The maximum atomic E-state index is 12.5. The molecule has 7 heteroatoms. The molecule has 1 rings (SSSR count). The van der Waals surface area contributed by atoms with Gasteiger partial charge in [0.25, 0.3) is 0 Å². The molecule has 0 radical (unpaired) electrons. The van der Waals surface area contributed by atoms with E-state index in [4.69, 9.17) is 9.84 Å². The number of hydrogen-bond acceptors (Lipinski definition) is 4. The third-order valence-corrected chi connectivity index (χ3v) is 4.06. The minimum absolute atomic E-state index is 0.0614. The van der Waals surface area contributed by atoms with E-state index in [1.807, 2.05) is 0 Å². The summed E-state index contributed by atoms with van der Waals surface area (Å²) in [5.74, 6) is -2.74. The molecule has 1 fully saturated rings. The van der Waals surface area contributed by atoms with E-state index in [1.165, 1.54) is 16.9 Å². The van der Waals surface area contributed by atoms with Crippen LogP contribution in [0.25, 0.3) is 0 Å². The Bertz CT molecular complexity index is 433. The summed E-state index contributed by atoms with van der Waals surface area (Å²) in [6.45, 7) is 4.03. The van der Waals surface area contributed by atoms with Gasteiger partial charge in [0.05, 0.1) is 25.0 Å². The summed E-state index contributed by atoms with van der Waals surface area (Å²) >= 11 is 0. The average Bonchev–Trinajstić information content (AvgIpc) is 2.96. The van der Waals surface area contributed by atoms with Gasteiger partial charge in [-0.15, -0.1) is 0 Å². The van der Waals surface area contributed by atoms with Crippen molar-refractivity contribution in [2.45, 2.75) is 13.8 Å². The second-order valence-corrected chi connectivity index (χ2v) is 6.16. The number of ether oxygens (including phenoxy) is 1. The van der Waals surface area contributed by atoms with Crippen molar-refractivity contribution in [3.8, 4) is 0 Å². The molecular weight excluding hydrogens is 276 g/mol. The maximum Gasteiger partial charge on any atom is 0.307 e. The molecule has 1 aliphatic rings. The van der Waals surface area contributed by atoms with Gasteiger partial charge in [0.15, 0.2) is 0 Å². The Balaban J connectivity index is 2.81. The molecule has 0 aromatic carbocycles. The van der Waals surface area contributed by atoms with Gasteiger partial charge in [-0.05, 0) is 5.41 Å². The molecular formula is C14H24N2O5. The number of carbonyl (C=O) groups excluding carboxylic acids is 2.